The third-order valence-corrected chi connectivity index (χ3v) is 5.68. The SMILES string of the molecule is O=C(c1ccc(N2CC=C(c3ccccc3)CC2)nn1)N1CCc2ccccc21. The summed E-state index contributed by atoms with van der Waals surface area (Å²) in [5.74, 6) is 0.727. The van der Waals surface area contributed by atoms with Crippen molar-refractivity contribution in [1.29, 1.82) is 0 Å². The van der Waals surface area contributed by atoms with E-state index in [0.29, 0.717) is 12.2 Å². The lowest BCUT2D eigenvalue weighted by molar-refractivity contribution is 0.0983. The maximum absolute atomic E-state index is 12.9. The lowest BCUT2D eigenvalue weighted by atomic mass is 10.00. The molecule has 1 aromatic heterocycles. The smallest absolute Gasteiger partial charge is 0.278 e. The van der Waals surface area contributed by atoms with E-state index >= 15 is 0 Å². The van der Waals surface area contributed by atoms with Crippen molar-refractivity contribution in [2.75, 3.05) is 29.4 Å². The molecule has 0 aliphatic carbocycles. The first-order valence-corrected chi connectivity index (χ1v) is 10.0. The Labute approximate surface area is 170 Å². The van der Waals surface area contributed by atoms with E-state index in [-0.39, 0.29) is 5.91 Å². The molecule has 0 fully saturated rings. The molecule has 2 aromatic carbocycles. The number of rotatable bonds is 3. The Balaban J connectivity index is 1.29. The van der Waals surface area contributed by atoms with Crippen LogP contribution in [0.2, 0.25) is 0 Å². The largest absolute Gasteiger partial charge is 0.351 e. The second kappa shape index (κ2) is 7.51. The van der Waals surface area contributed by atoms with Crippen LogP contribution in [0, 0.1) is 0 Å². The van der Waals surface area contributed by atoms with Gasteiger partial charge < -0.3 is 9.80 Å². The highest BCUT2D eigenvalue weighted by molar-refractivity contribution is 6.06. The van der Waals surface area contributed by atoms with Gasteiger partial charge in [0.15, 0.2) is 11.5 Å². The fourth-order valence-electron chi connectivity index (χ4n) is 4.09. The molecule has 0 saturated carbocycles. The van der Waals surface area contributed by atoms with Crippen molar-refractivity contribution in [3.05, 3.63) is 89.6 Å². The number of benzene rings is 2. The molecule has 2 aliphatic rings. The zero-order valence-electron chi connectivity index (χ0n) is 16.2. The van der Waals surface area contributed by atoms with E-state index in [1.807, 2.05) is 30.3 Å². The fraction of sp³-hybridized carbons (Fsp3) is 0.208. The molecule has 2 aliphatic heterocycles. The van der Waals surface area contributed by atoms with Gasteiger partial charge in [0.1, 0.15) is 0 Å². The highest BCUT2D eigenvalue weighted by atomic mass is 16.2. The van der Waals surface area contributed by atoms with Crippen LogP contribution < -0.4 is 9.80 Å². The van der Waals surface area contributed by atoms with Gasteiger partial charge in [0, 0.05) is 25.3 Å². The minimum absolute atomic E-state index is 0.0843. The maximum Gasteiger partial charge on any atom is 0.278 e. The van der Waals surface area contributed by atoms with Crippen molar-refractivity contribution in [2.45, 2.75) is 12.8 Å². The first-order chi connectivity index (χ1) is 14.3. The molecule has 5 nitrogen and oxygen atoms in total. The fourth-order valence-corrected chi connectivity index (χ4v) is 4.09. The van der Waals surface area contributed by atoms with E-state index in [2.05, 4.69) is 51.5 Å². The number of hydrogen-bond donors (Lipinski definition) is 0. The van der Waals surface area contributed by atoms with E-state index in [1.165, 1.54) is 16.7 Å². The van der Waals surface area contributed by atoms with Crippen LogP contribution in [0.5, 0.6) is 0 Å². The number of anilines is 2. The normalized spacial score (nSPS) is 15.8. The Morgan fingerprint density at radius 2 is 1.66 bits per heavy atom. The third kappa shape index (κ3) is 3.40. The number of carbonyl (C=O) groups excluding carboxylic acids is 1. The zero-order valence-corrected chi connectivity index (χ0v) is 16.2. The molecule has 0 bridgehead atoms. The van der Waals surface area contributed by atoms with Gasteiger partial charge in [0.2, 0.25) is 0 Å². The molecule has 144 valence electrons. The summed E-state index contributed by atoms with van der Waals surface area (Å²) in [7, 11) is 0. The summed E-state index contributed by atoms with van der Waals surface area (Å²) in [6.07, 6.45) is 4.11. The zero-order chi connectivity index (χ0) is 19.6. The first kappa shape index (κ1) is 17.6. The highest BCUT2D eigenvalue weighted by Gasteiger charge is 2.26. The lowest BCUT2D eigenvalue weighted by Crippen LogP contribution is -2.31. The van der Waals surface area contributed by atoms with Gasteiger partial charge in [-0.2, -0.15) is 0 Å². The molecule has 0 unspecified atom stereocenters. The van der Waals surface area contributed by atoms with Gasteiger partial charge in [-0.3, -0.25) is 4.79 Å². The van der Waals surface area contributed by atoms with Crippen molar-refractivity contribution in [2.24, 2.45) is 0 Å². The van der Waals surface area contributed by atoms with Crippen molar-refractivity contribution in [3.8, 4) is 0 Å². The van der Waals surface area contributed by atoms with Crippen molar-refractivity contribution < 1.29 is 4.79 Å². The van der Waals surface area contributed by atoms with E-state index in [1.54, 1.807) is 11.0 Å². The topological polar surface area (TPSA) is 49.3 Å². The maximum atomic E-state index is 12.9. The van der Waals surface area contributed by atoms with Crippen LogP contribution in [0.4, 0.5) is 11.5 Å². The quantitative estimate of drug-likeness (QED) is 0.688. The predicted octanol–water partition coefficient (Wildman–Crippen LogP) is 3.97. The summed E-state index contributed by atoms with van der Waals surface area (Å²) in [4.78, 5) is 16.9. The second-order valence-corrected chi connectivity index (χ2v) is 7.40. The number of hydrogen-bond acceptors (Lipinski definition) is 4. The van der Waals surface area contributed by atoms with Crippen LogP contribution >= 0.6 is 0 Å². The molecule has 0 N–H and O–H groups in total. The van der Waals surface area contributed by atoms with Crippen molar-refractivity contribution in [3.63, 3.8) is 0 Å². The lowest BCUT2D eigenvalue weighted by Gasteiger charge is -2.27. The Hall–Kier alpha value is -3.47. The minimum Gasteiger partial charge on any atom is -0.351 e. The monoisotopic (exact) mass is 382 g/mol. The summed E-state index contributed by atoms with van der Waals surface area (Å²) in [6.45, 7) is 2.38. The molecule has 0 radical (unpaired) electrons. The second-order valence-electron chi connectivity index (χ2n) is 7.40. The van der Waals surface area contributed by atoms with Gasteiger partial charge in [-0.1, -0.05) is 54.6 Å². The summed E-state index contributed by atoms with van der Waals surface area (Å²) >= 11 is 0. The van der Waals surface area contributed by atoms with E-state index < -0.39 is 0 Å². The van der Waals surface area contributed by atoms with Crippen LogP contribution in [0.25, 0.3) is 5.57 Å². The average Bonchev–Trinajstić information content (AvgIpc) is 3.24. The molecule has 0 spiro atoms. The van der Waals surface area contributed by atoms with Gasteiger partial charge >= 0.3 is 0 Å². The summed E-state index contributed by atoms with van der Waals surface area (Å²) in [5.41, 5.74) is 5.24. The molecule has 3 heterocycles. The number of aromatic nitrogens is 2. The third-order valence-electron chi connectivity index (χ3n) is 5.68. The Morgan fingerprint density at radius 3 is 2.41 bits per heavy atom. The van der Waals surface area contributed by atoms with Gasteiger partial charge in [0.05, 0.1) is 0 Å². The van der Waals surface area contributed by atoms with E-state index in [9.17, 15) is 4.79 Å². The first-order valence-electron chi connectivity index (χ1n) is 10.0. The Bertz CT molecular complexity index is 1060. The Morgan fingerprint density at radius 1 is 0.828 bits per heavy atom. The number of nitrogens with zero attached hydrogens (tertiary/aromatic N) is 4. The number of para-hydroxylation sites is 1. The molecule has 0 atom stereocenters. The predicted molar refractivity (Wildman–Crippen MR) is 115 cm³/mol. The standard InChI is InChI=1S/C24H22N4O/c29-24(28-17-14-20-8-4-5-9-22(20)28)21-10-11-23(26-25-21)27-15-12-19(13-16-27)18-6-2-1-3-7-18/h1-12H,13-17H2. The minimum atomic E-state index is -0.0843. The van der Waals surface area contributed by atoms with Crippen LogP contribution in [0.15, 0.2) is 72.8 Å². The van der Waals surface area contributed by atoms with E-state index in [0.717, 1.165) is 37.4 Å². The van der Waals surface area contributed by atoms with Gasteiger partial charge in [0.25, 0.3) is 5.91 Å². The Kier molecular flexibility index (Phi) is 4.56. The van der Waals surface area contributed by atoms with E-state index in [4.69, 9.17) is 0 Å². The van der Waals surface area contributed by atoms with Gasteiger partial charge in [-0.05, 0) is 47.7 Å². The molecule has 5 rings (SSSR count). The number of carbonyl (C=O) groups is 1. The van der Waals surface area contributed by atoms with Gasteiger partial charge in [-0.15, -0.1) is 10.2 Å². The van der Waals surface area contributed by atoms with Crippen LogP contribution in [-0.2, 0) is 6.42 Å². The van der Waals surface area contributed by atoms with Gasteiger partial charge in [-0.25, -0.2) is 0 Å². The molecular formula is C24H22N4O. The summed E-state index contributed by atoms with van der Waals surface area (Å²) in [6, 6.07) is 22.2. The summed E-state index contributed by atoms with van der Waals surface area (Å²) in [5, 5.41) is 8.59. The number of fused-ring (bicyclic) bond motifs is 1. The van der Waals surface area contributed by atoms with Crippen LogP contribution in [0.1, 0.15) is 28.0 Å². The molecule has 29 heavy (non-hydrogen) atoms. The molecule has 0 saturated heterocycles. The molecule has 3 aromatic rings. The molecule has 1 amide bonds. The van der Waals surface area contributed by atoms with Crippen LogP contribution in [0.3, 0.4) is 0 Å². The summed E-state index contributed by atoms with van der Waals surface area (Å²) < 4.78 is 0. The van der Waals surface area contributed by atoms with Crippen molar-refractivity contribution >= 4 is 23.0 Å². The van der Waals surface area contributed by atoms with Crippen molar-refractivity contribution in [1.82, 2.24) is 10.2 Å². The highest BCUT2D eigenvalue weighted by Crippen LogP contribution is 2.29. The number of amides is 1. The molecular weight excluding hydrogens is 360 g/mol. The average molecular weight is 382 g/mol. The molecule has 5 heteroatoms. The van der Waals surface area contributed by atoms with Crippen LogP contribution in [-0.4, -0.2) is 35.7 Å².